The standard InChI is InChI=1S/C58H112O6/c1-4-7-10-13-16-18-20-22-23-24-25-26-27-28-29-30-31-32-33-34-35-36-37-39-40-42-45-48-51-57(60)63-54-55(53-62-56(59)50-47-44-15-12-9-6-3)64-58(61)52-49-46-43-41-38-21-19-17-14-11-8-5-2/h55H,4-54H2,1-3H3. The van der Waals surface area contributed by atoms with E-state index in [0.29, 0.717) is 19.3 Å². The quantitative estimate of drug-likeness (QED) is 0.0344. The first-order valence-electron chi connectivity index (χ1n) is 29.0. The van der Waals surface area contributed by atoms with E-state index in [2.05, 4.69) is 20.8 Å². The van der Waals surface area contributed by atoms with Crippen molar-refractivity contribution in [2.75, 3.05) is 13.2 Å². The zero-order valence-corrected chi connectivity index (χ0v) is 43.6. The van der Waals surface area contributed by atoms with Crippen LogP contribution in [0.4, 0.5) is 0 Å². The van der Waals surface area contributed by atoms with Crippen LogP contribution < -0.4 is 0 Å². The number of rotatable bonds is 54. The van der Waals surface area contributed by atoms with Crippen molar-refractivity contribution in [3.8, 4) is 0 Å². The molecule has 0 aromatic heterocycles. The molecule has 0 rings (SSSR count). The monoisotopic (exact) mass is 905 g/mol. The molecule has 380 valence electrons. The highest BCUT2D eigenvalue weighted by Crippen LogP contribution is 2.18. The Hall–Kier alpha value is -1.59. The topological polar surface area (TPSA) is 78.9 Å². The Morgan fingerprint density at radius 2 is 0.422 bits per heavy atom. The van der Waals surface area contributed by atoms with Gasteiger partial charge in [0.05, 0.1) is 0 Å². The third-order valence-electron chi connectivity index (χ3n) is 13.4. The van der Waals surface area contributed by atoms with E-state index >= 15 is 0 Å². The summed E-state index contributed by atoms with van der Waals surface area (Å²) in [7, 11) is 0. The lowest BCUT2D eigenvalue weighted by Gasteiger charge is -2.18. The molecule has 0 saturated carbocycles. The molecule has 0 N–H and O–H groups in total. The second-order valence-corrected chi connectivity index (χ2v) is 19.9. The largest absolute Gasteiger partial charge is 0.462 e. The summed E-state index contributed by atoms with van der Waals surface area (Å²) in [5.74, 6) is -0.851. The fraction of sp³-hybridized carbons (Fsp3) is 0.948. The van der Waals surface area contributed by atoms with Crippen LogP contribution in [0.5, 0.6) is 0 Å². The number of hydrogen-bond donors (Lipinski definition) is 0. The number of hydrogen-bond acceptors (Lipinski definition) is 6. The molecule has 1 unspecified atom stereocenters. The Labute approximate surface area is 399 Å². The number of unbranched alkanes of at least 4 members (excludes halogenated alkanes) is 43. The van der Waals surface area contributed by atoms with Crippen molar-refractivity contribution in [3.63, 3.8) is 0 Å². The van der Waals surface area contributed by atoms with Gasteiger partial charge in [0, 0.05) is 19.3 Å². The molecule has 0 spiro atoms. The number of carbonyl (C=O) groups is 3. The van der Waals surface area contributed by atoms with Crippen LogP contribution in [0.25, 0.3) is 0 Å². The first-order chi connectivity index (χ1) is 31.5. The molecular weight excluding hydrogens is 793 g/mol. The second kappa shape index (κ2) is 54.0. The highest BCUT2D eigenvalue weighted by Gasteiger charge is 2.19. The van der Waals surface area contributed by atoms with Gasteiger partial charge < -0.3 is 14.2 Å². The van der Waals surface area contributed by atoms with Gasteiger partial charge in [0.1, 0.15) is 13.2 Å². The molecule has 0 aromatic carbocycles. The maximum atomic E-state index is 12.7. The van der Waals surface area contributed by atoms with E-state index < -0.39 is 6.10 Å². The minimum Gasteiger partial charge on any atom is -0.462 e. The Balaban J connectivity index is 3.92. The summed E-state index contributed by atoms with van der Waals surface area (Å²) >= 11 is 0. The fourth-order valence-electron chi connectivity index (χ4n) is 8.98. The predicted octanol–water partition coefficient (Wildman–Crippen LogP) is 19.2. The van der Waals surface area contributed by atoms with Crippen molar-refractivity contribution in [1.29, 1.82) is 0 Å². The van der Waals surface area contributed by atoms with Gasteiger partial charge in [-0.15, -0.1) is 0 Å². The lowest BCUT2D eigenvalue weighted by Crippen LogP contribution is -2.30. The van der Waals surface area contributed by atoms with Gasteiger partial charge in [0.25, 0.3) is 0 Å². The lowest BCUT2D eigenvalue weighted by atomic mass is 10.0. The Morgan fingerprint density at radius 1 is 0.250 bits per heavy atom. The van der Waals surface area contributed by atoms with Crippen molar-refractivity contribution in [2.45, 2.75) is 341 Å². The van der Waals surface area contributed by atoms with Crippen LogP contribution in [0.3, 0.4) is 0 Å². The molecule has 0 aliphatic heterocycles. The summed E-state index contributed by atoms with van der Waals surface area (Å²) < 4.78 is 16.7. The molecule has 0 aromatic rings. The van der Waals surface area contributed by atoms with E-state index in [4.69, 9.17) is 14.2 Å². The van der Waals surface area contributed by atoms with E-state index in [-0.39, 0.29) is 31.1 Å². The van der Waals surface area contributed by atoms with E-state index in [1.807, 2.05) is 0 Å². The van der Waals surface area contributed by atoms with Crippen molar-refractivity contribution in [1.82, 2.24) is 0 Å². The summed E-state index contributed by atoms with van der Waals surface area (Å²) in [6, 6.07) is 0. The van der Waals surface area contributed by atoms with Gasteiger partial charge in [-0.1, -0.05) is 297 Å². The molecule has 0 heterocycles. The molecule has 0 saturated heterocycles. The number of esters is 3. The minimum atomic E-state index is -0.758. The van der Waals surface area contributed by atoms with E-state index in [1.54, 1.807) is 0 Å². The van der Waals surface area contributed by atoms with Crippen molar-refractivity contribution in [3.05, 3.63) is 0 Å². The molecule has 1 atom stereocenters. The van der Waals surface area contributed by atoms with Gasteiger partial charge in [-0.05, 0) is 19.3 Å². The maximum Gasteiger partial charge on any atom is 0.306 e. The summed E-state index contributed by atoms with van der Waals surface area (Å²) in [5, 5.41) is 0. The Bertz CT molecular complexity index is 951. The average Bonchev–Trinajstić information content (AvgIpc) is 3.29. The maximum absolute atomic E-state index is 12.7. The van der Waals surface area contributed by atoms with E-state index in [9.17, 15) is 14.4 Å². The van der Waals surface area contributed by atoms with Crippen molar-refractivity contribution in [2.24, 2.45) is 0 Å². The smallest absolute Gasteiger partial charge is 0.306 e. The van der Waals surface area contributed by atoms with Gasteiger partial charge in [-0.2, -0.15) is 0 Å². The van der Waals surface area contributed by atoms with Crippen LogP contribution in [0.2, 0.25) is 0 Å². The Morgan fingerprint density at radius 3 is 0.625 bits per heavy atom. The van der Waals surface area contributed by atoms with Crippen LogP contribution >= 0.6 is 0 Å². The minimum absolute atomic E-state index is 0.0626. The first-order valence-corrected chi connectivity index (χ1v) is 29.0. The molecule has 0 radical (unpaired) electrons. The van der Waals surface area contributed by atoms with Crippen LogP contribution in [-0.2, 0) is 28.6 Å². The fourth-order valence-corrected chi connectivity index (χ4v) is 8.98. The third kappa shape index (κ3) is 51.4. The van der Waals surface area contributed by atoms with Crippen molar-refractivity contribution < 1.29 is 28.6 Å². The highest BCUT2D eigenvalue weighted by atomic mass is 16.6. The molecule has 0 fully saturated rings. The summed E-state index contributed by atoms with van der Waals surface area (Å²) in [6.45, 7) is 6.63. The normalized spacial score (nSPS) is 11.9. The first kappa shape index (κ1) is 62.4. The van der Waals surface area contributed by atoms with Gasteiger partial charge in [0.2, 0.25) is 0 Å². The summed E-state index contributed by atoms with van der Waals surface area (Å²) in [5.41, 5.74) is 0. The molecule has 6 nitrogen and oxygen atoms in total. The number of ether oxygens (including phenoxy) is 3. The molecule has 64 heavy (non-hydrogen) atoms. The molecule has 6 heteroatoms. The molecule has 0 aliphatic rings. The van der Waals surface area contributed by atoms with Gasteiger partial charge in [-0.3, -0.25) is 14.4 Å². The highest BCUT2D eigenvalue weighted by molar-refractivity contribution is 5.71. The summed E-state index contributed by atoms with van der Waals surface area (Å²) in [6.07, 6.45) is 60.1. The molecule has 0 bridgehead atoms. The van der Waals surface area contributed by atoms with Gasteiger partial charge in [-0.25, -0.2) is 0 Å². The average molecular weight is 906 g/mol. The molecule has 0 aliphatic carbocycles. The molecular formula is C58H112O6. The van der Waals surface area contributed by atoms with Crippen LogP contribution in [-0.4, -0.2) is 37.2 Å². The van der Waals surface area contributed by atoms with Crippen molar-refractivity contribution >= 4 is 17.9 Å². The van der Waals surface area contributed by atoms with E-state index in [0.717, 1.165) is 57.8 Å². The molecule has 0 amide bonds. The van der Waals surface area contributed by atoms with Crippen LogP contribution in [0, 0.1) is 0 Å². The predicted molar refractivity (Wildman–Crippen MR) is 275 cm³/mol. The van der Waals surface area contributed by atoms with E-state index in [1.165, 1.54) is 238 Å². The Kier molecular flexibility index (Phi) is 52.7. The number of carbonyl (C=O) groups excluding carboxylic acids is 3. The van der Waals surface area contributed by atoms with Crippen LogP contribution in [0.1, 0.15) is 335 Å². The van der Waals surface area contributed by atoms with Gasteiger partial charge >= 0.3 is 17.9 Å². The summed E-state index contributed by atoms with van der Waals surface area (Å²) in [4.78, 5) is 37.7. The lowest BCUT2D eigenvalue weighted by molar-refractivity contribution is -0.167. The zero-order valence-electron chi connectivity index (χ0n) is 43.6. The third-order valence-corrected chi connectivity index (χ3v) is 13.4. The zero-order chi connectivity index (χ0) is 46.5. The van der Waals surface area contributed by atoms with Crippen LogP contribution in [0.15, 0.2) is 0 Å². The second-order valence-electron chi connectivity index (χ2n) is 19.9. The van der Waals surface area contributed by atoms with Gasteiger partial charge in [0.15, 0.2) is 6.10 Å². The SMILES string of the molecule is CCCCCCCCCCCCCCCCCCCCCCCCCCCCCCC(=O)OCC(COC(=O)CCCCCCCC)OC(=O)CCCCCCCCCCCCCC.